The van der Waals surface area contributed by atoms with Gasteiger partial charge in [0.15, 0.2) is 10.9 Å². The molecule has 4 N–H and O–H groups in total. The summed E-state index contributed by atoms with van der Waals surface area (Å²) in [6, 6.07) is 4.90. The zero-order chi connectivity index (χ0) is 20.1. The van der Waals surface area contributed by atoms with Gasteiger partial charge in [-0.25, -0.2) is 14.6 Å². The molecule has 28 heavy (non-hydrogen) atoms. The molecule has 0 radical (unpaired) electrons. The number of ketones is 1. The molecule has 0 spiro atoms. The quantitative estimate of drug-likeness (QED) is 0.539. The smallest absolute Gasteiger partial charge is 0.404 e. The number of rotatable bonds is 6. The third kappa shape index (κ3) is 5.07. The number of carbonyl (C=O) groups is 3. The summed E-state index contributed by atoms with van der Waals surface area (Å²) in [6.45, 7) is 2.03. The Morgan fingerprint density at radius 3 is 2.68 bits per heavy atom. The monoisotopic (exact) mass is 402 g/mol. The molecule has 0 saturated heterocycles. The summed E-state index contributed by atoms with van der Waals surface area (Å²) in [5.74, 6) is 0.0986. The van der Waals surface area contributed by atoms with E-state index in [-0.39, 0.29) is 18.2 Å². The van der Waals surface area contributed by atoms with Crippen molar-refractivity contribution in [2.75, 3.05) is 10.6 Å². The van der Waals surface area contributed by atoms with E-state index in [4.69, 9.17) is 5.11 Å². The highest BCUT2D eigenvalue weighted by Crippen LogP contribution is 2.31. The number of Topliss-reactive ketones (excluding diaryl/α,β-unsaturated/α-hetero) is 1. The Morgan fingerprint density at radius 2 is 1.96 bits per heavy atom. The molecule has 0 bridgehead atoms. The predicted octanol–water partition coefficient (Wildman–Crippen LogP) is 4.24. The van der Waals surface area contributed by atoms with Gasteiger partial charge in [0.05, 0.1) is 12.2 Å². The van der Waals surface area contributed by atoms with E-state index in [1.807, 2.05) is 19.1 Å². The summed E-state index contributed by atoms with van der Waals surface area (Å²) in [5, 5.41) is 16.6. The van der Waals surface area contributed by atoms with Crippen LogP contribution >= 0.6 is 11.3 Å². The van der Waals surface area contributed by atoms with Crippen LogP contribution in [-0.4, -0.2) is 28.0 Å². The lowest BCUT2D eigenvalue weighted by Crippen LogP contribution is -2.22. The van der Waals surface area contributed by atoms with Gasteiger partial charge in [0, 0.05) is 22.6 Å². The Morgan fingerprint density at radius 1 is 1.21 bits per heavy atom. The molecule has 0 unspecified atom stereocenters. The zero-order valence-electron chi connectivity index (χ0n) is 15.4. The van der Waals surface area contributed by atoms with Gasteiger partial charge in [0.2, 0.25) is 0 Å². The normalized spacial score (nSPS) is 13.9. The molecule has 1 aromatic carbocycles. The van der Waals surface area contributed by atoms with E-state index in [0.29, 0.717) is 21.3 Å². The number of benzene rings is 1. The lowest BCUT2D eigenvalue weighted by atomic mass is 9.94. The van der Waals surface area contributed by atoms with Crippen molar-refractivity contribution in [3.63, 3.8) is 0 Å². The molecule has 1 aromatic heterocycles. The summed E-state index contributed by atoms with van der Waals surface area (Å²) in [5.41, 5.74) is 1.97. The van der Waals surface area contributed by atoms with Crippen LogP contribution in [0, 0.1) is 12.8 Å². The third-order valence-electron chi connectivity index (χ3n) is 4.60. The van der Waals surface area contributed by atoms with Crippen molar-refractivity contribution in [3.8, 4) is 0 Å². The predicted molar refractivity (Wildman–Crippen MR) is 107 cm³/mol. The Balaban J connectivity index is 1.67. The van der Waals surface area contributed by atoms with Crippen LogP contribution in [-0.2, 0) is 6.54 Å². The molecular formula is C19H22N4O4S. The van der Waals surface area contributed by atoms with Gasteiger partial charge in [-0.05, 0) is 31.9 Å². The maximum atomic E-state index is 12.9. The lowest BCUT2D eigenvalue weighted by Gasteiger charge is -2.14. The molecule has 1 fully saturated rings. The number of aromatic nitrogens is 1. The molecule has 9 heteroatoms. The Hall–Kier alpha value is -2.94. The fourth-order valence-electron chi connectivity index (χ4n) is 3.24. The second kappa shape index (κ2) is 8.83. The SMILES string of the molecule is Cc1ccc(NC(=O)Nc2ncc(CNC(=O)O)s2)c(C(=O)C2CCCC2)c1. The van der Waals surface area contributed by atoms with Crippen molar-refractivity contribution in [3.05, 3.63) is 40.4 Å². The average molecular weight is 402 g/mol. The van der Waals surface area contributed by atoms with E-state index in [1.165, 1.54) is 17.5 Å². The number of hydrogen-bond donors (Lipinski definition) is 4. The largest absolute Gasteiger partial charge is 0.465 e. The fraction of sp³-hybridized carbons (Fsp3) is 0.368. The van der Waals surface area contributed by atoms with Crippen molar-refractivity contribution >= 4 is 40.1 Å². The molecule has 148 valence electrons. The summed E-state index contributed by atoms with van der Waals surface area (Å²) in [4.78, 5) is 40.5. The zero-order valence-corrected chi connectivity index (χ0v) is 16.3. The van der Waals surface area contributed by atoms with E-state index in [9.17, 15) is 14.4 Å². The maximum Gasteiger partial charge on any atom is 0.404 e. The van der Waals surface area contributed by atoms with Crippen molar-refractivity contribution in [1.29, 1.82) is 0 Å². The van der Waals surface area contributed by atoms with Crippen LogP contribution < -0.4 is 16.0 Å². The lowest BCUT2D eigenvalue weighted by molar-refractivity contribution is 0.0923. The van der Waals surface area contributed by atoms with Crippen LogP contribution in [0.2, 0.25) is 0 Å². The molecule has 1 heterocycles. The van der Waals surface area contributed by atoms with Crippen molar-refractivity contribution < 1.29 is 19.5 Å². The Labute approximate surface area is 166 Å². The second-order valence-corrected chi connectivity index (χ2v) is 7.88. The number of amides is 3. The van der Waals surface area contributed by atoms with Gasteiger partial charge < -0.3 is 15.7 Å². The molecule has 2 aromatic rings. The summed E-state index contributed by atoms with van der Waals surface area (Å²) < 4.78 is 0. The number of carboxylic acid groups (broad SMARTS) is 1. The number of thiazole rings is 1. The van der Waals surface area contributed by atoms with E-state index >= 15 is 0 Å². The number of urea groups is 1. The van der Waals surface area contributed by atoms with E-state index in [2.05, 4.69) is 20.9 Å². The van der Waals surface area contributed by atoms with Crippen molar-refractivity contribution in [1.82, 2.24) is 10.3 Å². The first-order chi connectivity index (χ1) is 13.4. The van der Waals surface area contributed by atoms with Crippen LogP contribution in [0.1, 0.15) is 46.5 Å². The highest BCUT2D eigenvalue weighted by molar-refractivity contribution is 7.15. The van der Waals surface area contributed by atoms with Crippen molar-refractivity contribution in [2.24, 2.45) is 5.92 Å². The highest BCUT2D eigenvalue weighted by atomic mass is 32.1. The van der Waals surface area contributed by atoms with E-state index in [1.54, 1.807) is 6.07 Å². The second-order valence-electron chi connectivity index (χ2n) is 6.76. The molecule has 0 aliphatic heterocycles. The van der Waals surface area contributed by atoms with Gasteiger partial charge in [0.25, 0.3) is 0 Å². The summed E-state index contributed by atoms with van der Waals surface area (Å²) in [6.07, 6.45) is 4.29. The molecule has 8 nitrogen and oxygen atoms in total. The van der Waals surface area contributed by atoms with Gasteiger partial charge in [-0.3, -0.25) is 10.1 Å². The van der Waals surface area contributed by atoms with Crippen LogP contribution in [0.15, 0.2) is 24.4 Å². The first-order valence-corrected chi connectivity index (χ1v) is 9.88. The topological polar surface area (TPSA) is 120 Å². The number of nitrogens with one attached hydrogen (secondary N) is 3. The minimum Gasteiger partial charge on any atom is -0.465 e. The molecule has 1 saturated carbocycles. The van der Waals surface area contributed by atoms with Crippen LogP contribution in [0.3, 0.4) is 0 Å². The van der Waals surface area contributed by atoms with Gasteiger partial charge in [-0.2, -0.15) is 0 Å². The van der Waals surface area contributed by atoms with Gasteiger partial charge >= 0.3 is 12.1 Å². The number of carbonyl (C=O) groups excluding carboxylic acids is 2. The van der Waals surface area contributed by atoms with Crippen LogP contribution in [0.5, 0.6) is 0 Å². The Kier molecular flexibility index (Phi) is 6.25. The fourth-order valence-corrected chi connectivity index (χ4v) is 3.99. The van der Waals surface area contributed by atoms with Gasteiger partial charge in [0.1, 0.15) is 0 Å². The molecule has 1 aliphatic carbocycles. The summed E-state index contributed by atoms with van der Waals surface area (Å²) >= 11 is 1.17. The summed E-state index contributed by atoms with van der Waals surface area (Å²) in [7, 11) is 0. The number of anilines is 2. The first kappa shape index (κ1) is 19.8. The maximum absolute atomic E-state index is 12.9. The van der Waals surface area contributed by atoms with Gasteiger partial charge in [-0.15, -0.1) is 0 Å². The van der Waals surface area contributed by atoms with Crippen LogP contribution in [0.4, 0.5) is 20.4 Å². The van der Waals surface area contributed by atoms with Crippen LogP contribution in [0.25, 0.3) is 0 Å². The first-order valence-electron chi connectivity index (χ1n) is 9.07. The van der Waals surface area contributed by atoms with Crippen molar-refractivity contribution in [2.45, 2.75) is 39.2 Å². The van der Waals surface area contributed by atoms with E-state index in [0.717, 1.165) is 31.2 Å². The molecule has 0 atom stereocenters. The third-order valence-corrected chi connectivity index (χ3v) is 5.52. The minimum atomic E-state index is -1.13. The number of nitrogens with zero attached hydrogens (tertiary/aromatic N) is 1. The van der Waals surface area contributed by atoms with E-state index < -0.39 is 12.1 Å². The number of hydrogen-bond acceptors (Lipinski definition) is 5. The molecular weight excluding hydrogens is 380 g/mol. The molecule has 3 rings (SSSR count). The molecule has 1 aliphatic rings. The minimum absolute atomic E-state index is 0.0219. The highest BCUT2D eigenvalue weighted by Gasteiger charge is 2.26. The molecule has 3 amide bonds. The average Bonchev–Trinajstić information content (AvgIpc) is 3.33. The standard InChI is InChI=1S/C19H22N4O4S/c1-11-6-7-15(14(8-11)16(24)12-4-2-3-5-12)22-17(25)23-18-20-9-13(28-18)10-21-19(26)27/h6-9,12,21H,2-5,10H2,1H3,(H,26,27)(H2,20,22,23,25). The van der Waals surface area contributed by atoms with Gasteiger partial charge in [-0.1, -0.05) is 35.8 Å². The number of aryl methyl sites for hydroxylation is 1. The Bertz CT molecular complexity index is 890.